The summed E-state index contributed by atoms with van der Waals surface area (Å²) in [6, 6.07) is 4.77. The fourth-order valence-electron chi connectivity index (χ4n) is 1.25. The minimum atomic E-state index is -0.358. The van der Waals surface area contributed by atoms with E-state index in [-0.39, 0.29) is 24.8 Å². The van der Waals surface area contributed by atoms with Gasteiger partial charge >= 0.3 is 5.97 Å². The lowest BCUT2D eigenvalue weighted by Gasteiger charge is -2.09. The molecule has 4 nitrogen and oxygen atoms in total. The van der Waals surface area contributed by atoms with E-state index in [1.165, 1.54) is 20.1 Å². The van der Waals surface area contributed by atoms with Gasteiger partial charge in [-0.25, -0.2) is 0 Å². The fraction of sp³-hybridized carbons (Fsp3) is 0.333. The monoisotopic (exact) mass is 256 g/mol. The predicted octanol–water partition coefficient (Wildman–Crippen LogP) is 2.48. The second-order valence-electron chi connectivity index (χ2n) is 3.37. The maximum atomic E-state index is 11.3. The van der Waals surface area contributed by atoms with Gasteiger partial charge in [-0.2, -0.15) is 0 Å². The van der Waals surface area contributed by atoms with E-state index in [0.29, 0.717) is 16.3 Å². The van der Waals surface area contributed by atoms with Gasteiger partial charge in [0.2, 0.25) is 0 Å². The summed E-state index contributed by atoms with van der Waals surface area (Å²) in [5.41, 5.74) is 0.405. The lowest BCUT2D eigenvalue weighted by atomic mass is 10.1. The summed E-state index contributed by atoms with van der Waals surface area (Å²) in [4.78, 5) is 22.2. The molecule has 0 aliphatic rings. The van der Waals surface area contributed by atoms with Gasteiger partial charge in [-0.15, -0.1) is 0 Å². The zero-order chi connectivity index (χ0) is 12.8. The minimum Gasteiger partial charge on any atom is -0.492 e. The number of halogens is 1. The summed E-state index contributed by atoms with van der Waals surface area (Å²) in [5.74, 6) is -0.0743. The molecule has 0 heterocycles. The Balaban J connectivity index is 2.70. The first-order valence-electron chi connectivity index (χ1n) is 5.04. The van der Waals surface area contributed by atoms with Crippen LogP contribution >= 0.6 is 11.6 Å². The van der Waals surface area contributed by atoms with Crippen molar-refractivity contribution in [1.29, 1.82) is 0 Å². The first kappa shape index (κ1) is 13.5. The molecule has 0 aliphatic heterocycles. The van der Waals surface area contributed by atoms with Gasteiger partial charge in [-0.05, 0) is 25.1 Å². The van der Waals surface area contributed by atoms with Gasteiger partial charge in [0.05, 0.1) is 25.7 Å². The van der Waals surface area contributed by atoms with E-state index in [4.69, 9.17) is 16.3 Å². The van der Waals surface area contributed by atoms with Gasteiger partial charge in [0, 0.05) is 5.02 Å². The third kappa shape index (κ3) is 4.07. The highest BCUT2D eigenvalue weighted by molar-refractivity contribution is 6.31. The Morgan fingerprint density at radius 3 is 2.65 bits per heavy atom. The number of carbonyl (C=O) groups excluding carboxylic acids is 2. The summed E-state index contributed by atoms with van der Waals surface area (Å²) in [6.45, 7) is 1.59. The lowest BCUT2D eigenvalue weighted by Crippen LogP contribution is -2.09. The Labute approximate surface area is 104 Å². The number of benzene rings is 1. The zero-order valence-corrected chi connectivity index (χ0v) is 10.4. The van der Waals surface area contributed by atoms with Crippen LogP contribution < -0.4 is 4.74 Å². The van der Waals surface area contributed by atoms with Crippen molar-refractivity contribution in [1.82, 2.24) is 0 Å². The molecule has 0 saturated heterocycles. The summed E-state index contributed by atoms with van der Waals surface area (Å²) in [5, 5.41) is 0.468. The van der Waals surface area contributed by atoms with Crippen LogP contribution in [0.1, 0.15) is 23.7 Å². The van der Waals surface area contributed by atoms with Gasteiger partial charge in [-0.1, -0.05) is 11.6 Å². The van der Waals surface area contributed by atoms with Crippen LogP contribution in [0.3, 0.4) is 0 Å². The molecule has 0 fully saturated rings. The number of carbonyl (C=O) groups is 2. The van der Waals surface area contributed by atoms with Crippen molar-refractivity contribution < 1.29 is 19.1 Å². The quantitative estimate of drug-likeness (QED) is 0.600. The average Bonchev–Trinajstić information content (AvgIpc) is 2.30. The van der Waals surface area contributed by atoms with E-state index in [1.54, 1.807) is 12.1 Å². The van der Waals surface area contributed by atoms with E-state index < -0.39 is 0 Å². The molecule has 0 radical (unpaired) electrons. The topological polar surface area (TPSA) is 52.6 Å². The molecule has 92 valence electrons. The SMILES string of the molecule is COC(=O)CCOc1ccc(Cl)cc1C(C)=O. The first-order valence-corrected chi connectivity index (χ1v) is 5.42. The molecule has 0 saturated carbocycles. The number of esters is 1. The summed E-state index contributed by atoms with van der Waals surface area (Å²) in [6.07, 6.45) is 0.135. The Hall–Kier alpha value is -1.55. The Morgan fingerprint density at radius 2 is 2.06 bits per heavy atom. The lowest BCUT2D eigenvalue weighted by molar-refractivity contribution is -0.141. The molecule has 0 aromatic heterocycles. The highest BCUT2D eigenvalue weighted by atomic mass is 35.5. The average molecular weight is 257 g/mol. The fourth-order valence-corrected chi connectivity index (χ4v) is 1.42. The number of hydrogen-bond acceptors (Lipinski definition) is 4. The summed E-state index contributed by atoms with van der Waals surface area (Å²) < 4.78 is 9.82. The van der Waals surface area contributed by atoms with Gasteiger partial charge < -0.3 is 9.47 Å². The van der Waals surface area contributed by atoms with E-state index in [2.05, 4.69) is 4.74 Å². The molecular weight excluding hydrogens is 244 g/mol. The molecule has 0 aliphatic carbocycles. The second kappa shape index (κ2) is 6.25. The molecule has 0 spiro atoms. The van der Waals surface area contributed by atoms with E-state index in [0.717, 1.165) is 0 Å². The Morgan fingerprint density at radius 1 is 1.35 bits per heavy atom. The minimum absolute atomic E-state index is 0.135. The van der Waals surface area contributed by atoms with Crippen LogP contribution in [0.2, 0.25) is 5.02 Å². The molecule has 1 rings (SSSR count). The Kier molecular flexibility index (Phi) is 4.97. The molecule has 5 heteroatoms. The third-order valence-electron chi connectivity index (χ3n) is 2.11. The molecule has 1 aromatic rings. The number of ketones is 1. The number of methoxy groups -OCH3 is 1. The van der Waals surface area contributed by atoms with Crippen LogP contribution in [-0.2, 0) is 9.53 Å². The summed E-state index contributed by atoms with van der Waals surface area (Å²) in [7, 11) is 1.31. The van der Waals surface area contributed by atoms with Crippen molar-refractivity contribution in [2.45, 2.75) is 13.3 Å². The van der Waals surface area contributed by atoms with Crippen molar-refractivity contribution in [2.75, 3.05) is 13.7 Å². The van der Waals surface area contributed by atoms with Crippen LogP contribution in [-0.4, -0.2) is 25.5 Å². The molecule has 0 amide bonds. The smallest absolute Gasteiger partial charge is 0.308 e. The maximum Gasteiger partial charge on any atom is 0.308 e. The Bertz CT molecular complexity index is 429. The number of rotatable bonds is 5. The third-order valence-corrected chi connectivity index (χ3v) is 2.35. The normalized spacial score (nSPS) is 9.82. The van der Waals surface area contributed by atoms with Gasteiger partial charge in [0.25, 0.3) is 0 Å². The van der Waals surface area contributed by atoms with Crippen LogP contribution in [0, 0.1) is 0 Å². The molecule has 17 heavy (non-hydrogen) atoms. The van der Waals surface area contributed by atoms with Crippen LogP contribution in [0.5, 0.6) is 5.75 Å². The zero-order valence-electron chi connectivity index (χ0n) is 9.66. The molecular formula is C12H13ClO4. The first-order chi connectivity index (χ1) is 8.04. The number of ether oxygens (including phenoxy) is 2. The van der Waals surface area contributed by atoms with Crippen molar-refractivity contribution >= 4 is 23.4 Å². The second-order valence-corrected chi connectivity index (χ2v) is 3.81. The number of hydrogen-bond donors (Lipinski definition) is 0. The highest BCUT2D eigenvalue weighted by Gasteiger charge is 2.10. The van der Waals surface area contributed by atoms with E-state index >= 15 is 0 Å². The molecule has 0 bridgehead atoms. The van der Waals surface area contributed by atoms with Crippen molar-refractivity contribution in [3.05, 3.63) is 28.8 Å². The summed E-state index contributed by atoms with van der Waals surface area (Å²) >= 11 is 5.79. The largest absolute Gasteiger partial charge is 0.492 e. The van der Waals surface area contributed by atoms with Crippen molar-refractivity contribution in [3.63, 3.8) is 0 Å². The standard InChI is InChI=1S/C12H13ClO4/c1-8(14)10-7-9(13)3-4-11(10)17-6-5-12(15)16-2/h3-4,7H,5-6H2,1-2H3. The van der Waals surface area contributed by atoms with Gasteiger partial charge in [0.15, 0.2) is 5.78 Å². The van der Waals surface area contributed by atoms with E-state index in [1.807, 2.05) is 0 Å². The van der Waals surface area contributed by atoms with E-state index in [9.17, 15) is 9.59 Å². The van der Waals surface area contributed by atoms with Gasteiger partial charge in [-0.3, -0.25) is 9.59 Å². The molecule has 0 unspecified atom stereocenters. The van der Waals surface area contributed by atoms with Gasteiger partial charge in [0.1, 0.15) is 5.75 Å². The van der Waals surface area contributed by atoms with Crippen LogP contribution in [0.4, 0.5) is 0 Å². The van der Waals surface area contributed by atoms with Crippen LogP contribution in [0.15, 0.2) is 18.2 Å². The van der Waals surface area contributed by atoms with Crippen molar-refractivity contribution in [3.8, 4) is 5.75 Å². The number of Topliss-reactive ketones (excluding diaryl/α,β-unsaturated/α-hetero) is 1. The molecule has 0 atom stereocenters. The predicted molar refractivity (Wildman–Crippen MR) is 63.6 cm³/mol. The highest BCUT2D eigenvalue weighted by Crippen LogP contribution is 2.23. The molecule has 0 N–H and O–H groups in total. The molecule has 1 aromatic carbocycles. The maximum absolute atomic E-state index is 11.3. The van der Waals surface area contributed by atoms with Crippen LogP contribution in [0.25, 0.3) is 0 Å². The van der Waals surface area contributed by atoms with Crippen molar-refractivity contribution in [2.24, 2.45) is 0 Å².